The summed E-state index contributed by atoms with van der Waals surface area (Å²) in [6, 6.07) is 13.5. The van der Waals surface area contributed by atoms with Crippen LogP contribution in [0, 0.1) is 0 Å². The average molecular weight is 364 g/mol. The summed E-state index contributed by atoms with van der Waals surface area (Å²) < 4.78 is 0.673. The second-order valence-corrected chi connectivity index (χ2v) is 6.62. The topological polar surface area (TPSA) is 32.3 Å². The van der Waals surface area contributed by atoms with Crippen molar-refractivity contribution in [2.24, 2.45) is 0 Å². The third-order valence-electron chi connectivity index (χ3n) is 2.85. The maximum absolute atomic E-state index is 9.52. The van der Waals surface area contributed by atoms with Gasteiger partial charge in [0.15, 0.2) is 0 Å². The fourth-order valence-corrected chi connectivity index (χ4v) is 3.51. The number of halogens is 1. The van der Waals surface area contributed by atoms with Crippen LogP contribution in [-0.2, 0) is 0 Å². The molecule has 0 aromatic heterocycles. The molecule has 2 aromatic rings. The number of anilines is 1. The van der Waals surface area contributed by atoms with Crippen molar-refractivity contribution in [3.05, 3.63) is 57.4 Å². The van der Waals surface area contributed by atoms with E-state index in [-0.39, 0.29) is 5.75 Å². The largest absolute Gasteiger partial charge is 0.507 e. The molecule has 2 nitrogen and oxygen atoms in total. The van der Waals surface area contributed by atoms with E-state index in [0.717, 1.165) is 26.0 Å². The molecule has 0 unspecified atom stereocenters. The van der Waals surface area contributed by atoms with Crippen LogP contribution in [0.3, 0.4) is 0 Å². The third kappa shape index (κ3) is 2.75. The summed E-state index contributed by atoms with van der Waals surface area (Å²) >= 11 is 10.4. The van der Waals surface area contributed by atoms with Crippen LogP contribution in [0.1, 0.15) is 5.56 Å². The first-order valence-electron chi connectivity index (χ1n) is 5.92. The lowest BCUT2D eigenvalue weighted by Crippen LogP contribution is -2.14. The Balaban J connectivity index is 1.96. The van der Waals surface area contributed by atoms with E-state index < -0.39 is 0 Å². The van der Waals surface area contributed by atoms with Gasteiger partial charge in [0.25, 0.3) is 0 Å². The Hall–Kier alpha value is -1.30. The van der Waals surface area contributed by atoms with E-state index in [1.54, 1.807) is 17.8 Å². The van der Waals surface area contributed by atoms with Gasteiger partial charge in [-0.2, -0.15) is 0 Å². The number of para-hydroxylation sites is 1. The van der Waals surface area contributed by atoms with Crippen molar-refractivity contribution in [3.8, 4) is 5.75 Å². The minimum Gasteiger partial charge on any atom is -0.507 e. The molecule has 1 aliphatic heterocycles. The molecule has 0 radical (unpaired) electrons. The molecular weight excluding hydrogens is 354 g/mol. The predicted molar refractivity (Wildman–Crippen MR) is 92.3 cm³/mol. The van der Waals surface area contributed by atoms with Crippen molar-refractivity contribution in [3.63, 3.8) is 0 Å². The third-order valence-corrected chi connectivity index (χ3v) is 5.05. The second-order valence-electron chi connectivity index (χ2n) is 4.27. The SMILES string of the molecule is Oc1ccc(/C=C2\Sc3ccccc3NC2=S)cc1Br. The number of hydrogen-bond acceptors (Lipinski definition) is 3. The van der Waals surface area contributed by atoms with Gasteiger partial charge >= 0.3 is 0 Å². The van der Waals surface area contributed by atoms with Gasteiger partial charge in [-0.05, 0) is 51.8 Å². The summed E-state index contributed by atoms with van der Waals surface area (Å²) in [5.41, 5.74) is 2.03. The number of aromatic hydroxyl groups is 1. The standard InChI is InChI=1S/C15H10BrNOS2/c16-10-7-9(5-6-12(10)18)8-14-15(19)17-11-3-1-2-4-13(11)20-14/h1-8,18H,(H,17,19)/b14-8-. The highest BCUT2D eigenvalue weighted by atomic mass is 79.9. The molecule has 0 spiro atoms. The number of thiocarbonyl (C=S) groups is 1. The lowest BCUT2D eigenvalue weighted by atomic mass is 10.2. The van der Waals surface area contributed by atoms with E-state index in [9.17, 15) is 5.11 Å². The van der Waals surface area contributed by atoms with Gasteiger partial charge in [0.05, 0.1) is 10.2 Å². The molecule has 1 aliphatic rings. The van der Waals surface area contributed by atoms with Gasteiger partial charge in [-0.15, -0.1) is 0 Å². The Labute approximate surface area is 135 Å². The van der Waals surface area contributed by atoms with Crippen LogP contribution in [0.25, 0.3) is 6.08 Å². The zero-order valence-electron chi connectivity index (χ0n) is 10.3. The lowest BCUT2D eigenvalue weighted by molar-refractivity contribution is 0.472. The molecule has 100 valence electrons. The molecule has 0 amide bonds. The normalized spacial score (nSPS) is 15.8. The summed E-state index contributed by atoms with van der Waals surface area (Å²) in [6.45, 7) is 0. The molecule has 1 heterocycles. The number of fused-ring (bicyclic) bond motifs is 1. The first-order chi connectivity index (χ1) is 9.63. The van der Waals surface area contributed by atoms with Crippen LogP contribution in [0.4, 0.5) is 5.69 Å². The Morgan fingerprint density at radius 1 is 1.20 bits per heavy atom. The Morgan fingerprint density at radius 2 is 2.00 bits per heavy atom. The van der Waals surface area contributed by atoms with Crippen LogP contribution in [0.5, 0.6) is 5.75 Å². The number of phenols is 1. The average Bonchev–Trinajstić information content (AvgIpc) is 2.44. The van der Waals surface area contributed by atoms with E-state index in [1.807, 2.05) is 36.4 Å². The zero-order chi connectivity index (χ0) is 14.1. The van der Waals surface area contributed by atoms with E-state index in [4.69, 9.17) is 12.2 Å². The molecule has 0 saturated heterocycles. The fraction of sp³-hybridized carbons (Fsp3) is 0. The van der Waals surface area contributed by atoms with Crippen LogP contribution in [0.15, 0.2) is 56.7 Å². The quantitative estimate of drug-likeness (QED) is 0.549. The number of hydrogen-bond donors (Lipinski definition) is 2. The van der Waals surface area contributed by atoms with E-state index in [0.29, 0.717) is 4.47 Å². The van der Waals surface area contributed by atoms with Crippen molar-refractivity contribution in [1.29, 1.82) is 0 Å². The second kappa shape index (κ2) is 5.60. The molecule has 2 N–H and O–H groups in total. The molecule has 3 rings (SSSR count). The molecule has 5 heteroatoms. The van der Waals surface area contributed by atoms with Crippen LogP contribution in [-0.4, -0.2) is 10.1 Å². The molecular formula is C15H10BrNOS2. The van der Waals surface area contributed by atoms with Gasteiger partial charge in [-0.1, -0.05) is 42.2 Å². The fourth-order valence-electron chi connectivity index (χ4n) is 1.87. The predicted octanol–water partition coefficient (Wildman–Crippen LogP) is 5.04. The van der Waals surface area contributed by atoms with Gasteiger partial charge in [0, 0.05) is 9.80 Å². The van der Waals surface area contributed by atoms with E-state index in [1.165, 1.54) is 0 Å². The number of thioether (sulfide) groups is 1. The first kappa shape index (κ1) is 13.7. The number of rotatable bonds is 1. The van der Waals surface area contributed by atoms with Gasteiger partial charge in [-0.3, -0.25) is 0 Å². The molecule has 20 heavy (non-hydrogen) atoms. The molecule has 0 fully saturated rings. The molecule has 0 atom stereocenters. The molecule has 0 aliphatic carbocycles. The summed E-state index contributed by atoms with van der Waals surface area (Å²) in [4.78, 5) is 2.87. The summed E-state index contributed by atoms with van der Waals surface area (Å²) in [5, 5.41) is 12.8. The molecule has 0 saturated carbocycles. The Morgan fingerprint density at radius 3 is 2.80 bits per heavy atom. The van der Waals surface area contributed by atoms with Crippen molar-refractivity contribution >= 4 is 56.7 Å². The summed E-state index contributed by atoms with van der Waals surface area (Å²) in [5.74, 6) is 0.231. The van der Waals surface area contributed by atoms with Crippen LogP contribution in [0.2, 0.25) is 0 Å². The van der Waals surface area contributed by atoms with Gasteiger partial charge in [0.2, 0.25) is 0 Å². The van der Waals surface area contributed by atoms with E-state index in [2.05, 4.69) is 27.3 Å². The highest BCUT2D eigenvalue weighted by Gasteiger charge is 2.17. The maximum Gasteiger partial charge on any atom is 0.129 e. The summed E-state index contributed by atoms with van der Waals surface area (Å²) in [7, 11) is 0. The van der Waals surface area contributed by atoms with Crippen molar-refractivity contribution in [2.75, 3.05) is 5.32 Å². The molecule has 2 aromatic carbocycles. The first-order valence-corrected chi connectivity index (χ1v) is 7.94. The Bertz CT molecular complexity index is 728. The number of phenolic OH excluding ortho intramolecular Hbond substituents is 1. The molecule has 0 bridgehead atoms. The minimum atomic E-state index is 0.231. The Kier molecular flexibility index (Phi) is 3.83. The smallest absolute Gasteiger partial charge is 0.129 e. The van der Waals surface area contributed by atoms with Gasteiger partial charge in [-0.25, -0.2) is 0 Å². The monoisotopic (exact) mass is 363 g/mol. The highest BCUT2D eigenvalue weighted by molar-refractivity contribution is 9.10. The van der Waals surface area contributed by atoms with Crippen molar-refractivity contribution in [2.45, 2.75) is 4.90 Å². The summed E-state index contributed by atoms with van der Waals surface area (Å²) in [6.07, 6.45) is 2.01. The van der Waals surface area contributed by atoms with Gasteiger partial charge < -0.3 is 10.4 Å². The van der Waals surface area contributed by atoms with E-state index >= 15 is 0 Å². The van der Waals surface area contributed by atoms with Crippen LogP contribution < -0.4 is 5.32 Å². The van der Waals surface area contributed by atoms with Crippen molar-refractivity contribution < 1.29 is 5.11 Å². The zero-order valence-corrected chi connectivity index (χ0v) is 13.5. The van der Waals surface area contributed by atoms with Crippen LogP contribution >= 0.6 is 39.9 Å². The number of nitrogens with one attached hydrogen (secondary N) is 1. The lowest BCUT2D eigenvalue weighted by Gasteiger charge is -2.20. The van der Waals surface area contributed by atoms with Gasteiger partial charge in [0.1, 0.15) is 10.7 Å². The minimum absolute atomic E-state index is 0.231. The maximum atomic E-state index is 9.52. The van der Waals surface area contributed by atoms with Crippen molar-refractivity contribution in [1.82, 2.24) is 0 Å². The highest BCUT2D eigenvalue weighted by Crippen LogP contribution is 2.39. The number of benzene rings is 2.